The molecule has 2 atom stereocenters. The van der Waals surface area contributed by atoms with Gasteiger partial charge in [-0.15, -0.1) is 0 Å². The molecule has 4 heteroatoms. The van der Waals surface area contributed by atoms with Crippen molar-refractivity contribution in [3.05, 3.63) is 23.5 Å². The normalized spacial score (nSPS) is 26.4. The summed E-state index contributed by atoms with van der Waals surface area (Å²) in [7, 11) is 0. The summed E-state index contributed by atoms with van der Waals surface area (Å²) in [5, 5.41) is 18.0. The van der Waals surface area contributed by atoms with E-state index in [2.05, 4.69) is 16.0 Å². The molecule has 0 bridgehead atoms. The van der Waals surface area contributed by atoms with E-state index >= 15 is 0 Å². The van der Waals surface area contributed by atoms with Gasteiger partial charge < -0.3 is 10.0 Å². The highest BCUT2D eigenvalue weighted by Gasteiger charge is 2.45. The summed E-state index contributed by atoms with van der Waals surface area (Å²) < 4.78 is 0. The first-order valence-electron chi connectivity index (χ1n) is 5.57. The Kier molecular flexibility index (Phi) is 2.08. The minimum atomic E-state index is -0.111. The van der Waals surface area contributed by atoms with Crippen LogP contribution in [0.3, 0.4) is 0 Å². The number of anilines is 1. The highest BCUT2D eigenvalue weighted by Crippen LogP contribution is 2.46. The van der Waals surface area contributed by atoms with Gasteiger partial charge in [0.2, 0.25) is 0 Å². The molecule has 1 saturated carbocycles. The fourth-order valence-electron chi connectivity index (χ4n) is 2.51. The number of rotatable bonds is 2. The van der Waals surface area contributed by atoms with Crippen molar-refractivity contribution in [1.29, 1.82) is 5.26 Å². The van der Waals surface area contributed by atoms with Crippen LogP contribution >= 0.6 is 0 Å². The molecule has 2 unspecified atom stereocenters. The van der Waals surface area contributed by atoms with Crippen LogP contribution in [0, 0.1) is 23.2 Å². The Morgan fingerprint density at radius 3 is 2.81 bits per heavy atom. The second-order valence-corrected chi connectivity index (χ2v) is 4.60. The van der Waals surface area contributed by atoms with Crippen molar-refractivity contribution in [3.63, 3.8) is 0 Å². The second-order valence-electron chi connectivity index (χ2n) is 4.60. The molecule has 3 rings (SSSR count). The lowest BCUT2D eigenvalue weighted by atomic mass is 10.2. The maximum Gasteiger partial charge on any atom is 0.164 e. The molecule has 2 heterocycles. The number of aromatic nitrogens is 1. The number of aliphatic hydroxyl groups excluding tert-OH is 1. The van der Waals surface area contributed by atoms with Gasteiger partial charge in [-0.05, 0) is 30.4 Å². The van der Waals surface area contributed by atoms with Crippen molar-refractivity contribution in [2.45, 2.75) is 13.0 Å². The van der Waals surface area contributed by atoms with Crippen molar-refractivity contribution in [1.82, 2.24) is 4.98 Å². The largest absolute Gasteiger partial charge is 0.390 e. The Balaban J connectivity index is 1.91. The molecule has 82 valence electrons. The van der Waals surface area contributed by atoms with Crippen LogP contribution in [0.15, 0.2) is 12.1 Å². The molecule has 0 amide bonds. The van der Waals surface area contributed by atoms with E-state index in [1.165, 1.54) is 6.42 Å². The van der Waals surface area contributed by atoms with Crippen LogP contribution in [0.25, 0.3) is 0 Å². The molecule has 0 aromatic carbocycles. The third-order valence-corrected chi connectivity index (χ3v) is 3.52. The maximum absolute atomic E-state index is 9.06. The van der Waals surface area contributed by atoms with Crippen LogP contribution in [0.1, 0.15) is 17.8 Å². The number of hydrogen-bond donors (Lipinski definition) is 1. The summed E-state index contributed by atoms with van der Waals surface area (Å²) in [6.07, 6.45) is 1.35. The average molecular weight is 215 g/mol. The molecule has 16 heavy (non-hydrogen) atoms. The van der Waals surface area contributed by atoms with Gasteiger partial charge in [0.05, 0.1) is 18.0 Å². The molecule has 1 N–H and O–H groups in total. The van der Waals surface area contributed by atoms with Gasteiger partial charge in [0.15, 0.2) is 5.69 Å². The summed E-state index contributed by atoms with van der Waals surface area (Å²) in [6, 6.07) is 5.81. The van der Waals surface area contributed by atoms with Gasteiger partial charge in [-0.2, -0.15) is 5.26 Å². The molecule has 2 fully saturated rings. The van der Waals surface area contributed by atoms with Crippen LogP contribution < -0.4 is 4.90 Å². The van der Waals surface area contributed by atoms with Gasteiger partial charge in [-0.1, -0.05) is 0 Å². The number of nitriles is 1. The third kappa shape index (κ3) is 1.44. The molecule has 1 saturated heterocycles. The van der Waals surface area contributed by atoms with Gasteiger partial charge in [0.25, 0.3) is 0 Å². The summed E-state index contributed by atoms with van der Waals surface area (Å²) in [5.41, 5.74) is 1.92. The molecule has 0 spiro atoms. The Morgan fingerprint density at radius 1 is 1.44 bits per heavy atom. The van der Waals surface area contributed by atoms with Crippen LogP contribution in [0.2, 0.25) is 0 Å². The van der Waals surface area contributed by atoms with E-state index in [1.807, 2.05) is 6.07 Å². The Bertz CT molecular complexity index is 456. The SMILES string of the molecule is N#Cc1nc(CO)ccc1N1CC2CC2C1. The van der Waals surface area contributed by atoms with Crippen molar-refractivity contribution >= 4 is 5.69 Å². The first kappa shape index (κ1) is 9.61. The van der Waals surface area contributed by atoms with Gasteiger partial charge in [0.1, 0.15) is 6.07 Å². The summed E-state index contributed by atoms with van der Waals surface area (Å²) in [5.74, 6) is 1.67. The summed E-state index contributed by atoms with van der Waals surface area (Å²) in [6.45, 7) is 2.00. The van der Waals surface area contributed by atoms with E-state index < -0.39 is 0 Å². The van der Waals surface area contributed by atoms with Crippen molar-refractivity contribution in [3.8, 4) is 6.07 Å². The van der Waals surface area contributed by atoms with Crippen LogP contribution in [0.5, 0.6) is 0 Å². The maximum atomic E-state index is 9.06. The van der Waals surface area contributed by atoms with E-state index in [1.54, 1.807) is 6.07 Å². The van der Waals surface area contributed by atoms with E-state index in [9.17, 15) is 0 Å². The average Bonchev–Trinajstić information content (AvgIpc) is 2.95. The van der Waals surface area contributed by atoms with E-state index in [0.29, 0.717) is 11.4 Å². The number of piperidine rings is 1. The number of fused-ring (bicyclic) bond motifs is 1. The zero-order valence-electron chi connectivity index (χ0n) is 8.93. The lowest BCUT2D eigenvalue weighted by Crippen LogP contribution is -2.23. The van der Waals surface area contributed by atoms with Crippen molar-refractivity contribution < 1.29 is 5.11 Å². The van der Waals surface area contributed by atoms with Crippen LogP contribution in [0.4, 0.5) is 5.69 Å². The van der Waals surface area contributed by atoms with Gasteiger partial charge >= 0.3 is 0 Å². The minimum absolute atomic E-state index is 0.111. The Hall–Kier alpha value is -1.60. The second kappa shape index (κ2) is 3.46. The molecular formula is C12H13N3O. The summed E-state index contributed by atoms with van der Waals surface area (Å²) in [4.78, 5) is 6.38. The third-order valence-electron chi connectivity index (χ3n) is 3.52. The molecule has 2 aliphatic rings. The molecule has 1 aliphatic carbocycles. The number of hydrogen-bond acceptors (Lipinski definition) is 4. The topological polar surface area (TPSA) is 60.1 Å². The molecule has 0 radical (unpaired) electrons. The molecule has 4 nitrogen and oxygen atoms in total. The lowest BCUT2D eigenvalue weighted by Gasteiger charge is -2.21. The smallest absolute Gasteiger partial charge is 0.164 e. The van der Waals surface area contributed by atoms with Crippen LogP contribution in [-0.4, -0.2) is 23.2 Å². The number of nitrogens with zero attached hydrogens (tertiary/aromatic N) is 3. The van der Waals surface area contributed by atoms with Crippen molar-refractivity contribution in [2.24, 2.45) is 11.8 Å². The predicted octanol–water partition coefficient (Wildman–Crippen LogP) is 0.902. The standard InChI is InChI=1S/C12H13N3O/c13-4-11-12(2-1-10(7-16)14-11)15-5-8-3-9(8)6-15/h1-2,8-9,16H,3,5-7H2. The quantitative estimate of drug-likeness (QED) is 0.796. The number of aliphatic hydroxyl groups is 1. The summed E-state index contributed by atoms with van der Waals surface area (Å²) >= 11 is 0. The lowest BCUT2D eigenvalue weighted by molar-refractivity contribution is 0.277. The zero-order chi connectivity index (χ0) is 11.1. The van der Waals surface area contributed by atoms with Gasteiger partial charge in [-0.3, -0.25) is 0 Å². The van der Waals surface area contributed by atoms with Crippen molar-refractivity contribution in [2.75, 3.05) is 18.0 Å². The molecular weight excluding hydrogens is 202 g/mol. The molecule has 1 aromatic rings. The highest BCUT2D eigenvalue weighted by molar-refractivity contribution is 5.57. The van der Waals surface area contributed by atoms with E-state index in [0.717, 1.165) is 30.6 Å². The van der Waals surface area contributed by atoms with Crippen LogP contribution in [-0.2, 0) is 6.61 Å². The Labute approximate surface area is 94.1 Å². The van der Waals surface area contributed by atoms with E-state index in [4.69, 9.17) is 10.4 Å². The first-order chi connectivity index (χ1) is 7.81. The predicted molar refractivity (Wildman–Crippen MR) is 58.7 cm³/mol. The Morgan fingerprint density at radius 2 is 2.19 bits per heavy atom. The molecule has 1 aromatic heterocycles. The van der Waals surface area contributed by atoms with E-state index in [-0.39, 0.29) is 6.61 Å². The monoisotopic (exact) mass is 215 g/mol. The number of pyridine rings is 1. The minimum Gasteiger partial charge on any atom is -0.390 e. The molecule has 1 aliphatic heterocycles. The highest BCUT2D eigenvalue weighted by atomic mass is 16.3. The van der Waals surface area contributed by atoms with Gasteiger partial charge in [-0.25, -0.2) is 4.98 Å². The first-order valence-corrected chi connectivity index (χ1v) is 5.57. The fourth-order valence-corrected chi connectivity index (χ4v) is 2.51. The fraction of sp³-hybridized carbons (Fsp3) is 0.500. The van der Waals surface area contributed by atoms with Gasteiger partial charge in [0, 0.05) is 13.1 Å². The zero-order valence-corrected chi connectivity index (χ0v) is 8.93.